The van der Waals surface area contributed by atoms with Crippen LogP contribution in [0.1, 0.15) is 23.5 Å². The van der Waals surface area contributed by atoms with Gasteiger partial charge >= 0.3 is 0 Å². The molecule has 0 aliphatic heterocycles. The average molecular weight is 286 g/mol. The topological polar surface area (TPSA) is 51.8 Å². The Balaban J connectivity index is 2.20. The summed E-state index contributed by atoms with van der Waals surface area (Å²) in [6, 6.07) is 5.84. The van der Waals surface area contributed by atoms with Crippen molar-refractivity contribution in [2.45, 2.75) is 29.1 Å². The van der Waals surface area contributed by atoms with Gasteiger partial charge in [-0.25, -0.2) is 0 Å². The highest BCUT2D eigenvalue weighted by atomic mass is 35.5. The van der Waals surface area contributed by atoms with Crippen LogP contribution in [0, 0.1) is 6.92 Å². The number of nitrogens with two attached hydrogens (primary N) is 1. The molecule has 1 heterocycles. The molecule has 0 amide bonds. The minimum atomic E-state index is -0.0506. The van der Waals surface area contributed by atoms with E-state index in [0.29, 0.717) is 5.02 Å². The van der Waals surface area contributed by atoms with E-state index in [-0.39, 0.29) is 6.04 Å². The number of aromatic nitrogens is 2. The van der Waals surface area contributed by atoms with Gasteiger partial charge in [0.2, 0.25) is 0 Å². The van der Waals surface area contributed by atoms with Gasteiger partial charge in [0, 0.05) is 16.0 Å². The fourth-order valence-electron chi connectivity index (χ4n) is 1.36. The minimum Gasteiger partial charge on any atom is -0.324 e. The van der Waals surface area contributed by atoms with Gasteiger partial charge in [-0.2, -0.15) is 0 Å². The van der Waals surface area contributed by atoms with Gasteiger partial charge in [-0.1, -0.05) is 40.8 Å². The zero-order valence-corrected chi connectivity index (χ0v) is 11.9. The van der Waals surface area contributed by atoms with Crippen LogP contribution in [0.2, 0.25) is 5.02 Å². The lowest BCUT2D eigenvalue weighted by atomic mass is 10.1. The molecule has 1 unspecified atom stereocenters. The first kappa shape index (κ1) is 12.8. The second-order valence-corrected chi connectivity index (χ2v) is 6.57. The van der Waals surface area contributed by atoms with Crippen molar-refractivity contribution < 1.29 is 0 Å². The third kappa shape index (κ3) is 3.19. The molecule has 2 aromatic rings. The molecule has 0 spiro atoms. The van der Waals surface area contributed by atoms with Crippen molar-refractivity contribution in [2.75, 3.05) is 0 Å². The molecular weight excluding hydrogens is 274 g/mol. The highest BCUT2D eigenvalue weighted by molar-refractivity contribution is 8.01. The normalized spacial score (nSPS) is 12.7. The molecule has 2 N–H and O–H groups in total. The molecular formula is C11H12ClN3S2. The van der Waals surface area contributed by atoms with Crippen molar-refractivity contribution in [1.29, 1.82) is 0 Å². The number of hydrogen-bond donors (Lipinski definition) is 1. The maximum Gasteiger partial charge on any atom is 0.179 e. The zero-order chi connectivity index (χ0) is 12.4. The summed E-state index contributed by atoms with van der Waals surface area (Å²) in [5, 5.41) is 9.70. The molecule has 3 nitrogen and oxygen atoms in total. The van der Waals surface area contributed by atoms with Crippen molar-refractivity contribution in [2.24, 2.45) is 5.73 Å². The Morgan fingerprint density at radius 2 is 2.18 bits per heavy atom. The molecule has 0 fully saturated rings. The third-order valence-corrected chi connectivity index (χ3v) is 4.38. The first-order valence-corrected chi connectivity index (χ1v) is 7.10. The Kier molecular flexibility index (Phi) is 4.04. The summed E-state index contributed by atoms with van der Waals surface area (Å²) >= 11 is 9.30. The largest absolute Gasteiger partial charge is 0.324 e. The van der Waals surface area contributed by atoms with E-state index in [1.807, 2.05) is 32.0 Å². The van der Waals surface area contributed by atoms with Crippen LogP contribution in [0.25, 0.3) is 0 Å². The van der Waals surface area contributed by atoms with Gasteiger partial charge in [-0.15, -0.1) is 10.2 Å². The summed E-state index contributed by atoms with van der Waals surface area (Å²) in [4.78, 5) is 1.05. The Hall–Kier alpha value is -0.620. The number of rotatable bonds is 3. The summed E-state index contributed by atoms with van der Waals surface area (Å²) in [6.07, 6.45) is 0. The number of hydrogen-bond acceptors (Lipinski definition) is 5. The molecule has 90 valence electrons. The number of aryl methyl sites for hydroxylation is 1. The molecule has 0 saturated carbocycles. The lowest BCUT2D eigenvalue weighted by Crippen LogP contribution is -2.05. The van der Waals surface area contributed by atoms with Crippen LogP contribution in [0.15, 0.2) is 27.4 Å². The van der Waals surface area contributed by atoms with E-state index in [9.17, 15) is 0 Å². The summed E-state index contributed by atoms with van der Waals surface area (Å²) in [5.74, 6) is 0. The molecule has 0 radical (unpaired) electrons. The van der Waals surface area contributed by atoms with Gasteiger partial charge in [-0.3, -0.25) is 0 Å². The van der Waals surface area contributed by atoms with E-state index in [4.69, 9.17) is 17.3 Å². The van der Waals surface area contributed by atoms with Gasteiger partial charge in [0.15, 0.2) is 4.34 Å². The standard InChI is InChI=1S/C11H12ClN3S2/c1-6(13)9-4-3-8(5-10(9)12)17-11-15-14-7(2)16-11/h3-6H,13H2,1-2H3. The van der Waals surface area contributed by atoms with E-state index in [2.05, 4.69) is 10.2 Å². The number of halogens is 1. The Labute approximate surface area is 113 Å². The van der Waals surface area contributed by atoms with Crippen LogP contribution >= 0.6 is 34.7 Å². The fraction of sp³-hybridized carbons (Fsp3) is 0.273. The first-order chi connectivity index (χ1) is 8.06. The van der Waals surface area contributed by atoms with Gasteiger partial charge in [-0.05, 0) is 31.5 Å². The molecule has 0 aliphatic carbocycles. The highest BCUT2D eigenvalue weighted by Gasteiger charge is 2.08. The fourth-order valence-corrected chi connectivity index (χ4v) is 3.61. The monoisotopic (exact) mass is 285 g/mol. The molecule has 17 heavy (non-hydrogen) atoms. The van der Waals surface area contributed by atoms with E-state index in [1.54, 1.807) is 23.1 Å². The smallest absolute Gasteiger partial charge is 0.179 e. The number of benzene rings is 1. The van der Waals surface area contributed by atoms with E-state index >= 15 is 0 Å². The van der Waals surface area contributed by atoms with E-state index in [0.717, 1.165) is 19.8 Å². The molecule has 1 aromatic carbocycles. The van der Waals surface area contributed by atoms with Gasteiger partial charge in [0.1, 0.15) is 5.01 Å². The quantitative estimate of drug-likeness (QED) is 0.935. The van der Waals surface area contributed by atoms with E-state index < -0.39 is 0 Å². The summed E-state index contributed by atoms with van der Waals surface area (Å²) in [6.45, 7) is 3.86. The van der Waals surface area contributed by atoms with Crippen molar-refractivity contribution in [3.63, 3.8) is 0 Å². The predicted octanol–water partition coefficient (Wildman–Crippen LogP) is 3.67. The average Bonchev–Trinajstić information content (AvgIpc) is 2.63. The van der Waals surface area contributed by atoms with Crippen molar-refractivity contribution in [1.82, 2.24) is 10.2 Å². The van der Waals surface area contributed by atoms with Gasteiger partial charge in [0.25, 0.3) is 0 Å². The maximum atomic E-state index is 6.17. The lowest BCUT2D eigenvalue weighted by molar-refractivity contribution is 0.817. The summed E-state index contributed by atoms with van der Waals surface area (Å²) < 4.78 is 0.923. The third-order valence-electron chi connectivity index (χ3n) is 2.18. The molecule has 1 atom stereocenters. The molecule has 6 heteroatoms. The second kappa shape index (κ2) is 5.35. The molecule has 0 bridgehead atoms. The minimum absolute atomic E-state index is 0.0506. The maximum absolute atomic E-state index is 6.17. The first-order valence-electron chi connectivity index (χ1n) is 5.09. The second-order valence-electron chi connectivity index (χ2n) is 3.66. The Morgan fingerprint density at radius 1 is 1.41 bits per heavy atom. The van der Waals surface area contributed by atoms with E-state index in [1.165, 1.54) is 0 Å². The molecule has 0 saturated heterocycles. The van der Waals surface area contributed by atoms with Crippen LogP contribution < -0.4 is 5.73 Å². The van der Waals surface area contributed by atoms with Crippen LogP contribution in [-0.4, -0.2) is 10.2 Å². The number of nitrogens with zero attached hydrogens (tertiary/aromatic N) is 2. The van der Waals surface area contributed by atoms with Crippen molar-refractivity contribution in [3.05, 3.63) is 33.8 Å². The van der Waals surface area contributed by atoms with Crippen LogP contribution in [0.4, 0.5) is 0 Å². The predicted molar refractivity (Wildman–Crippen MR) is 72.8 cm³/mol. The highest BCUT2D eigenvalue weighted by Crippen LogP contribution is 2.33. The van der Waals surface area contributed by atoms with Crippen molar-refractivity contribution >= 4 is 34.7 Å². The zero-order valence-electron chi connectivity index (χ0n) is 9.48. The van der Waals surface area contributed by atoms with Gasteiger partial charge in [0.05, 0.1) is 0 Å². The van der Waals surface area contributed by atoms with Crippen LogP contribution in [0.3, 0.4) is 0 Å². The van der Waals surface area contributed by atoms with Crippen LogP contribution in [0.5, 0.6) is 0 Å². The summed E-state index contributed by atoms with van der Waals surface area (Å²) in [5.41, 5.74) is 6.77. The van der Waals surface area contributed by atoms with Crippen molar-refractivity contribution in [3.8, 4) is 0 Å². The molecule has 0 aliphatic rings. The van der Waals surface area contributed by atoms with Crippen LogP contribution in [-0.2, 0) is 0 Å². The molecule has 2 rings (SSSR count). The molecule has 1 aromatic heterocycles. The Morgan fingerprint density at radius 3 is 2.71 bits per heavy atom. The SMILES string of the molecule is Cc1nnc(Sc2ccc(C(C)N)c(Cl)c2)s1. The van der Waals surface area contributed by atoms with Gasteiger partial charge < -0.3 is 5.73 Å². The Bertz CT molecular complexity index is 525. The summed E-state index contributed by atoms with van der Waals surface area (Å²) in [7, 11) is 0. The lowest BCUT2D eigenvalue weighted by Gasteiger charge is -2.08.